The zero-order valence-corrected chi connectivity index (χ0v) is 18.2. The van der Waals surface area contributed by atoms with Gasteiger partial charge in [0.25, 0.3) is 5.78 Å². The van der Waals surface area contributed by atoms with E-state index in [1.807, 2.05) is 44.2 Å². The molecule has 0 spiro atoms. The predicted molar refractivity (Wildman–Crippen MR) is 117 cm³/mol. The number of rotatable bonds is 4. The van der Waals surface area contributed by atoms with Crippen molar-refractivity contribution in [3.63, 3.8) is 0 Å². The molecule has 0 N–H and O–H groups in total. The minimum atomic E-state index is -0.0900. The van der Waals surface area contributed by atoms with Crippen molar-refractivity contribution in [2.24, 2.45) is 5.92 Å². The number of nitrogens with zero attached hydrogens (tertiary/aromatic N) is 6. The molecule has 0 atom stereocenters. The Morgan fingerprint density at radius 1 is 1.10 bits per heavy atom. The van der Waals surface area contributed by atoms with Crippen LogP contribution in [0, 0.1) is 19.8 Å². The van der Waals surface area contributed by atoms with Crippen LogP contribution in [0.3, 0.4) is 0 Å². The van der Waals surface area contributed by atoms with Crippen LogP contribution >= 0.6 is 11.3 Å². The Balaban J connectivity index is 1.22. The second kappa shape index (κ2) is 7.81. The number of ketones is 1. The lowest BCUT2D eigenvalue weighted by Crippen LogP contribution is -2.41. The number of carbonyl (C=O) groups is 2. The average Bonchev–Trinajstić information content (AvgIpc) is 3.37. The molecule has 1 fully saturated rings. The van der Waals surface area contributed by atoms with Crippen LogP contribution in [0.2, 0.25) is 0 Å². The Labute approximate surface area is 183 Å². The van der Waals surface area contributed by atoms with E-state index in [0.29, 0.717) is 42.5 Å². The smallest absolute Gasteiger partial charge is 0.252 e. The second-order valence-electron chi connectivity index (χ2n) is 7.96. The minimum Gasteiger partial charge on any atom is -0.342 e. The minimum absolute atomic E-state index is 0.0174. The Morgan fingerprint density at radius 3 is 2.65 bits per heavy atom. The number of aryl methyl sites for hydroxylation is 2. The van der Waals surface area contributed by atoms with Gasteiger partial charge in [0.15, 0.2) is 16.6 Å². The summed E-state index contributed by atoms with van der Waals surface area (Å²) in [6, 6.07) is 9.72. The van der Waals surface area contributed by atoms with Crippen molar-refractivity contribution in [1.82, 2.24) is 29.5 Å². The molecule has 31 heavy (non-hydrogen) atoms. The van der Waals surface area contributed by atoms with Crippen LogP contribution in [-0.4, -0.2) is 54.2 Å². The van der Waals surface area contributed by atoms with E-state index < -0.39 is 0 Å². The predicted octanol–water partition coefficient (Wildman–Crippen LogP) is 3.01. The Bertz CT molecular complexity index is 1270. The number of likely N-dealkylation sites (tertiary alicyclic amines) is 1. The maximum atomic E-state index is 12.9. The molecule has 1 saturated heterocycles. The molecule has 1 aliphatic rings. The molecule has 158 valence electrons. The van der Waals surface area contributed by atoms with Gasteiger partial charge in [0.2, 0.25) is 5.91 Å². The number of aromatic nitrogens is 5. The average molecular weight is 435 g/mol. The van der Waals surface area contributed by atoms with Gasteiger partial charge in [0.05, 0.1) is 16.6 Å². The van der Waals surface area contributed by atoms with E-state index in [-0.39, 0.29) is 24.0 Å². The van der Waals surface area contributed by atoms with Gasteiger partial charge in [-0.25, -0.2) is 14.5 Å². The summed E-state index contributed by atoms with van der Waals surface area (Å²) in [6.45, 7) is 4.97. The number of para-hydroxylation sites is 1. The summed E-state index contributed by atoms with van der Waals surface area (Å²) in [6.07, 6.45) is 1.44. The summed E-state index contributed by atoms with van der Waals surface area (Å²) < 4.78 is 2.69. The van der Waals surface area contributed by atoms with Crippen LogP contribution < -0.4 is 0 Å². The summed E-state index contributed by atoms with van der Waals surface area (Å²) in [5, 5.41) is 4.99. The highest BCUT2D eigenvalue weighted by molar-refractivity contribution is 7.20. The largest absolute Gasteiger partial charge is 0.342 e. The zero-order chi connectivity index (χ0) is 21.5. The van der Waals surface area contributed by atoms with Crippen molar-refractivity contribution < 1.29 is 9.59 Å². The first-order valence-electron chi connectivity index (χ1n) is 10.4. The summed E-state index contributed by atoms with van der Waals surface area (Å²) in [5.41, 5.74) is 2.67. The highest BCUT2D eigenvalue weighted by atomic mass is 32.1. The van der Waals surface area contributed by atoms with Crippen LogP contribution in [0.1, 0.15) is 39.9 Å². The number of fused-ring (bicyclic) bond motifs is 2. The normalized spacial score (nSPS) is 15.1. The maximum absolute atomic E-state index is 12.9. The number of Topliss-reactive ketones (excluding diaryl/α,β-unsaturated/α-hetero) is 1. The van der Waals surface area contributed by atoms with Crippen molar-refractivity contribution >= 4 is 39.0 Å². The number of amides is 1. The van der Waals surface area contributed by atoms with Gasteiger partial charge < -0.3 is 4.90 Å². The molecule has 5 rings (SSSR count). The van der Waals surface area contributed by atoms with E-state index in [1.165, 1.54) is 11.3 Å². The van der Waals surface area contributed by atoms with Crippen LogP contribution in [0.5, 0.6) is 0 Å². The number of piperidine rings is 1. The molecule has 1 aromatic carbocycles. The molecular weight excluding hydrogens is 412 g/mol. The maximum Gasteiger partial charge on any atom is 0.252 e. The number of hydrogen-bond acceptors (Lipinski definition) is 7. The first-order chi connectivity index (χ1) is 15.0. The highest BCUT2D eigenvalue weighted by Gasteiger charge is 2.30. The molecule has 1 amide bonds. The van der Waals surface area contributed by atoms with Crippen molar-refractivity contribution in [3.8, 4) is 0 Å². The molecule has 1 aliphatic heterocycles. The Morgan fingerprint density at radius 2 is 1.87 bits per heavy atom. The lowest BCUT2D eigenvalue weighted by molar-refractivity contribution is -0.131. The monoisotopic (exact) mass is 434 g/mol. The quantitative estimate of drug-likeness (QED) is 0.459. The fourth-order valence-corrected chi connectivity index (χ4v) is 5.06. The summed E-state index contributed by atoms with van der Waals surface area (Å²) in [5.74, 6) is 0.968. The van der Waals surface area contributed by atoms with Crippen molar-refractivity contribution in [1.29, 1.82) is 0 Å². The summed E-state index contributed by atoms with van der Waals surface area (Å²) >= 11 is 1.45. The molecular formula is C22H22N6O2S. The van der Waals surface area contributed by atoms with E-state index in [4.69, 9.17) is 0 Å². The number of carbonyl (C=O) groups excluding carboxylic acids is 2. The third kappa shape index (κ3) is 3.81. The Kier molecular flexibility index (Phi) is 4.97. The van der Waals surface area contributed by atoms with E-state index in [0.717, 1.165) is 21.6 Å². The molecule has 0 radical (unpaired) electrons. The number of benzene rings is 1. The zero-order valence-electron chi connectivity index (χ0n) is 17.4. The molecule has 0 bridgehead atoms. The number of hydrogen-bond donors (Lipinski definition) is 0. The topological polar surface area (TPSA) is 93.4 Å². The lowest BCUT2D eigenvalue weighted by atomic mass is 9.92. The van der Waals surface area contributed by atoms with Gasteiger partial charge in [0, 0.05) is 30.4 Å². The van der Waals surface area contributed by atoms with Crippen LogP contribution in [0.25, 0.3) is 16.0 Å². The van der Waals surface area contributed by atoms with Gasteiger partial charge in [-0.05, 0) is 44.9 Å². The first kappa shape index (κ1) is 19.7. The van der Waals surface area contributed by atoms with Gasteiger partial charge >= 0.3 is 0 Å². The Hall–Kier alpha value is -3.20. The van der Waals surface area contributed by atoms with Crippen LogP contribution in [0.15, 0.2) is 30.3 Å². The highest BCUT2D eigenvalue weighted by Crippen LogP contribution is 2.27. The van der Waals surface area contributed by atoms with Gasteiger partial charge in [0.1, 0.15) is 0 Å². The molecule has 4 aromatic rings. The van der Waals surface area contributed by atoms with Gasteiger partial charge in [-0.15, -0.1) is 16.4 Å². The second-order valence-corrected chi connectivity index (χ2v) is 8.99. The third-order valence-electron chi connectivity index (χ3n) is 5.69. The van der Waals surface area contributed by atoms with Crippen LogP contribution in [-0.2, 0) is 11.2 Å². The fourth-order valence-electron chi connectivity index (χ4n) is 4.07. The fraction of sp³-hybridized carbons (Fsp3) is 0.364. The van der Waals surface area contributed by atoms with Gasteiger partial charge in [-0.2, -0.15) is 4.98 Å². The molecule has 3 aromatic heterocycles. The first-order valence-corrected chi connectivity index (χ1v) is 11.2. The standard InChI is InChI=1S/C22H22N6O2S/c1-13-11-14(2)28-22(23-13)25-18(26-28)12-19(29)27-9-7-15(8-10-27)20(30)21-24-16-5-3-4-6-17(16)31-21/h3-6,11,15H,7-10,12H2,1-2H3. The van der Waals surface area contributed by atoms with E-state index in [1.54, 1.807) is 9.42 Å². The molecule has 9 heteroatoms. The molecule has 0 unspecified atom stereocenters. The van der Waals surface area contributed by atoms with Gasteiger partial charge in [-0.1, -0.05) is 12.1 Å². The molecule has 8 nitrogen and oxygen atoms in total. The molecule has 0 saturated carbocycles. The van der Waals surface area contributed by atoms with Crippen molar-refractivity contribution in [2.75, 3.05) is 13.1 Å². The van der Waals surface area contributed by atoms with E-state index >= 15 is 0 Å². The number of thiazole rings is 1. The van der Waals surface area contributed by atoms with Crippen molar-refractivity contribution in [2.45, 2.75) is 33.1 Å². The SMILES string of the molecule is Cc1cc(C)n2nc(CC(=O)N3CCC(C(=O)c4nc5ccccc5s4)CC3)nc2n1. The van der Waals surface area contributed by atoms with Crippen molar-refractivity contribution in [3.05, 3.63) is 52.6 Å². The van der Waals surface area contributed by atoms with Crippen LogP contribution in [0.4, 0.5) is 0 Å². The molecule has 4 heterocycles. The van der Waals surface area contributed by atoms with E-state index in [2.05, 4.69) is 20.1 Å². The van der Waals surface area contributed by atoms with E-state index in [9.17, 15) is 9.59 Å². The molecule has 0 aliphatic carbocycles. The van der Waals surface area contributed by atoms with Gasteiger partial charge in [-0.3, -0.25) is 9.59 Å². The lowest BCUT2D eigenvalue weighted by Gasteiger charge is -2.30. The summed E-state index contributed by atoms with van der Waals surface area (Å²) in [4.78, 5) is 40.8. The third-order valence-corrected chi connectivity index (χ3v) is 6.75. The summed E-state index contributed by atoms with van der Waals surface area (Å²) in [7, 11) is 0.